The number of hydrogen-bond acceptors (Lipinski definition) is 1. The summed E-state index contributed by atoms with van der Waals surface area (Å²) in [6.45, 7) is 37.1. The average molecular weight is 886 g/mol. The molecule has 0 bridgehead atoms. The van der Waals surface area contributed by atoms with Crippen LogP contribution in [-0.2, 0) is 37.2 Å². The molecule has 0 N–H and O–H groups in total. The molecule has 0 fully saturated rings. The fraction of sp³-hybridized carbons (Fsp3) is 0.451. The summed E-state index contributed by atoms with van der Waals surface area (Å²) in [4.78, 5) is 0. The van der Waals surface area contributed by atoms with Crippen molar-refractivity contribution in [3.63, 3.8) is 0 Å². The Kier molecular flexibility index (Phi) is 11.0. The number of halogens is 2. The summed E-state index contributed by atoms with van der Waals surface area (Å²) in [5.41, 5.74) is 17.7. The van der Waals surface area contributed by atoms with Crippen molar-refractivity contribution >= 4 is 35.1 Å². The van der Waals surface area contributed by atoms with Crippen LogP contribution in [0.1, 0.15) is 149 Å². The summed E-state index contributed by atoms with van der Waals surface area (Å²) in [6.07, 6.45) is 4.85. The van der Waals surface area contributed by atoms with Gasteiger partial charge in [0.2, 0.25) is 0 Å². The molecular formula is C51H67Cl2OSiZr. The Bertz CT molecular complexity index is 2230. The van der Waals surface area contributed by atoms with E-state index >= 15 is 0 Å². The molecule has 6 rings (SSSR count). The van der Waals surface area contributed by atoms with Gasteiger partial charge in [-0.3, -0.25) is 0 Å². The second-order valence-corrected chi connectivity index (χ2v) is 64.1. The molecule has 2 aliphatic carbocycles. The summed E-state index contributed by atoms with van der Waals surface area (Å²) in [7, 11) is 19.4. The van der Waals surface area contributed by atoms with Gasteiger partial charge in [-0.05, 0) is 0 Å². The number of hydrogen-bond donors (Lipinski definition) is 0. The Morgan fingerprint density at radius 3 is 1.54 bits per heavy atom. The van der Waals surface area contributed by atoms with Gasteiger partial charge in [0.25, 0.3) is 0 Å². The number of rotatable bonds is 6. The van der Waals surface area contributed by atoms with Crippen LogP contribution in [0.4, 0.5) is 0 Å². The van der Waals surface area contributed by atoms with Gasteiger partial charge >= 0.3 is 352 Å². The first-order chi connectivity index (χ1) is 25.6. The second kappa shape index (κ2) is 14.2. The molecule has 0 radical (unpaired) electrons. The van der Waals surface area contributed by atoms with Crippen molar-refractivity contribution < 1.29 is 20.3 Å². The van der Waals surface area contributed by atoms with E-state index in [0.717, 1.165) is 5.75 Å². The predicted molar refractivity (Wildman–Crippen MR) is 248 cm³/mol. The Morgan fingerprint density at radius 1 is 0.571 bits per heavy atom. The molecule has 2 unspecified atom stereocenters. The molecule has 4 aromatic rings. The van der Waals surface area contributed by atoms with Gasteiger partial charge in [-0.1, -0.05) is 0 Å². The van der Waals surface area contributed by atoms with Crippen LogP contribution in [0.3, 0.4) is 0 Å². The SMILES string of the molecule is COc1c(C(C)(C)C)cc2c(c1-c1cc(C(C)(C)C)cc(C(C)(C)C)c1)C=C(C)[CH]2[Zr]([Cl])([Cl])([CH]1C(C)=Cc2c(-c3ccc(C(C)(C)C)cc3)cccc21)[SiH](C)C. The molecule has 5 heteroatoms. The van der Waals surface area contributed by atoms with E-state index in [-0.39, 0.29) is 28.9 Å². The van der Waals surface area contributed by atoms with Gasteiger partial charge in [0.05, 0.1) is 0 Å². The van der Waals surface area contributed by atoms with Gasteiger partial charge in [-0.25, -0.2) is 0 Å². The first-order valence-corrected chi connectivity index (χ1v) is 37.0. The second-order valence-electron chi connectivity index (χ2n) is 21.5. The maximum atomic E-state index is 8.79. The van der Waals surface area contributed by atoms with Crippen molar-refractivity contribution in [3.8, 4) is 28.0 Å². The fourth-order valence-corrected chi connectivity index (χ4v) is 42.5. The first kappa shape index (κ1) is 43.4. The molecule has 4 aromatic carbocycles. The number of benzene rings is 4. The van der Waals surface area contributed by atoms with E-state index in [4.69, 9.17) is 21.8 Å². The topological polar surface area (TPSA) is 9.23 Å². The molecule has 299 valence electrons. The summed E-state index contributed by atoms with van der Waals surface area (Å²) in [5.74, 6) is -0.777. The molecule has 2 aliphatic rings. The van der Waals surface area contributed by atoms with Crippen molar-refractivity contribution in [3.05, 3.63) is 122 Å². The van der Waals surface area contributed by atoms with Crippen LogP contribution in [0, 0.1) is 0 Å². The molecule has 0 saturated carbocycles. The van der Waals surface area contributed by atoms with E-state index in [1.165, 1.54) is 77.9 Å². The van der Waals surface area contributed by atoms with Crippen LogP contribution in [0.25, 0.3) is 34.4 Å². The molecular weight excluding hydrogens is 819 g/mol. The average Bonchev–Trinajstić information content (AvgIpc) is 3.61. The standard InChI is InChI=1S/C29H39O.C20H21.C2H7Si.2ClH.Zr/c1-18-12-19-16-24(29(8,9)10)26(30-11)25(23(19)13-18)20-14-21(27(2,3)4)17-22(15-20)28(5,6)7;1-14-12-16-6-5-7-18(19(16)13-14)15-8-10-17(11-9-15)20(2,3)4;1-3-2;;;/h12-17H,1-11H3;5-13H,1-4H3;3H,1-2H3;2*1H;/q;;;;;+2/p-2. The Hall–Kier alpha value is -2.16. The monoisotopic (exact) mass is 883 g/mol. The van der Waals surface area contributed by atoms with Crippen molar-refractivity contribution in [2.45, 2.75) is 139 Å². The molecule has 0 amide bonds. The maximum absolute atomic E-state index is 8.79. The summed E-state index contributed by atoms with van der Waals surface area (Å²) in [6, 6.07) is 25.7. The van der Waals surface area contributed by atoms with Crippen molar-refractivity contribution in [2.24, 2.45) is 0 Å². The number of ether oxygens (including phenoxy) is 1. The zero-order chi connectivity index (χ0) is 41.7. The summed E-state index contributed by atoms with van der Waals surface area (Å²) in [5, 5.41) is 0. The molecule has 0 spiro atoms. The Balaban J connectivity index is 1.64. The van der Waals surface area contributed by atoms with E-state index in [1.54, 1.807) is 0 Å². The third-order valence-corrected chi connectivity index (χ3v) is 65.3. The van der Waals surface area contributed by atoms with Gasteiger partial charge < -0.3 is 0 Å². The zero-order valence-electron chi connectivity index (χ0n) is 37.4. The molecule has 0 aromatic heterocycles. The Morgan fingerprint density at radius 2 is 1.07 bits per heavy atom. The molecule has 2 atom stereocenters. The molecule has 1 nitrogen and oxygen atoms in total. The minimum absolute atomic E-state index is 0.0193. The van der Waals surface area contributed by atoms with Crippen LogP contribution in [-0.4, -0.2) is 13.0 Å². The number of methoxy groups -OCH3 is 1. The molecule has 0 heterocycles. The van der Waals surface area contributed by atoms with Gasteiger partial charge in [-0.2, -0.15) is 0 Å². The van der Waals surface area contributed by atoms with Crippen molar-refractivity contribution in [1.29, 1.82) is 0 Å². The Labute approximate surface area is 349 Å². The first-order valence-electron chi connectivity index (χ1n) is 20.7. The molecule has 0 saturated heterocycles. The van der Waals surface area contributed by atoms with Gasteiger partial charge in [-0.15, -0.1) is 0 Å². The van der Waals surface area contributed by atoms with E-state index in [9.17, 15) is 0 Å². The van der Waals surface area contributed by atoms with E-state index in [2.05, 4.69) is 189 Å². The van der Waals surface area contributed by atoms with Crippen LogP contribution in [0.15, 0.2) is 77.9 Å². The molecule has 56 heavy (non-hydrogen) atoms. The van der Waals surface area contributed by atoms with E-state index in [0.29, 0.717) is 0 Å². The van der Waals surface area contributed by atoms with Gasteiger partial charge in [0.15, 0.2) is 0 Å². The van der Waals surface area contributed by atoms with Crippen molar-refractivity contribution in [2.75, 3.05) is 7.11 Å². The van der Waals surface area contributed by atoms with Gasteiger partial charge in [0, 0.05) is 0 Å². The quantitative estimate of drug-likeness (QED) is 0.175. The summed E-state index contributed by atoms with van der Waals surface area (Å²) >= 11 is -4.99. The number of allylic oxidation sites excluding steroid dienone is 2. The van der Waals surface area contributed by atoms with Crippen LogP contribution < -0.4 is 4.74 Å². The van der Waals surface area contributed by atoms with Crippen molar-refractivity contribution in [1.82, 2.24) is 0 Å². The van der Waals surface area contributed by atoms with Crippen LogP contribution in [0.5, 0.6) is 5.75 Å². The normalized spacial score (nSPS) is 18.3. The third-order valence-electron chi connectivity index (χ3n) is 13.0. The van der Waals surface area contributed by atoms with Crippen LogP contribution in [0.2, 0.25) is 13.1 Å². The zero-order valence-corrected chi connectivity index (χ0v) is 42.5. The van der Waals surface area contributed by atoms with Gasteiger partial charge in [0.1, 0.15) is 0 Å². The minimum atomic E-state index is -4.99. The van der Waals surface area contributed by atoms with E-state index in [1.807, 2.05) is 7.11 Å². The van der Waals surface area contributed by atoms with Crippen LogP contribution >= 0.6 is 17.0 Å². The fourth-order valence-electron chi connectivity index (χ4n) is 9.60. The third kappa shape index (κ3) is 7.26. The summed E-state index contributed by atoms with van der Waals surface area (Å²) < 4.78 is 6.53. The molecule has 0 aliphatic heterocycles. The van der Waals surface area contributed by atoms with E-state index < -0.39 is 21.5 Å². The number of fused-ring (bicyclic) bond motifs is 2. The predicted octanol–water partition coefficient (Wildman–Crippen LogP) is 15.8.